The summed E-state index contributed by atoms with van der Waals surface area (Å²) in [5.41, 5.74) is 0.676. The second kappa shape index (κ2) is 7.59. The largest absolute Gasteiger partial charge is 0.443 e. The van der Waals surface area contributed by atoms with Gasteiger partial charge in [0.05, 0.1) is 13.2 Å². The molecule has 0 bridgehead atoms. The van der Waals surface area contributed by atoms with Gasteiger partial charge in [-0.05, 0) is 19.1 Å². The van der Waals surface area contributed by atoms with Crippen LogP contribution in [0.1, 0.15) is 26.2 Å². The van der Waals surface area contributed by atoms with E-state index in [1.807, 2.05) is 31.2 Å². The molecule has 0 saturated carbocycles. The summed E-state index contributed by atoms with van der Waals surface area (Å²) in [7, 11) is 0. The normalized spacial score (nSPS) is 15.8. The maximum Gasteiger partial charge on any atom is 0.349 e. The molecule has 1 atom stereocenters. The Morgan fingerprint density at radius 1 is 1.12 bits per heavy atom. The third-order valence-electron chi connectivity index (χ3n) is 3.82. The summed E-state index contributed by atoms with van der Waals surface area (Å²) in [6.07, 6.45) is -0.931. The topological polar surface area (TPSA) is 55.8 Å². The molecule has 5 nitrogen and oxygen atoms in total. The molecular formula is C18H19NO4S. The van der Waals surface area contributed by atoms with E-state index >= 15 is 0 Å². The molecule has 24 heavy (non-hydrogen) atoms. The van der Waals surface area contributed by atoms with Crippen LogP contribution in [0.2, 0.25) is 0 Å². The van der Waals surface area contributed by atoms with Gasteiger partial charge in [-0.1, -0.05) is 30.3 Å². The predicted octanol–water partition coefficient (Wildman–Crippen LogP) is 2.81. The van der Waals surface area contributed by atoms with Gasteiger partial charge in [0, 0.05) is 23.5 Å². The first-order valence-corrected chi connectivity index (χ1v) is 8.65. The number of esters is 1. The van der Waals surface area contributed by atoms with Crippen LogP contribution in [-0.4, -0.2) is 43.1 Å². The van der Waals surface area contributed by atoms with Crippen LogP contribution < -0.4 is 0 Å². The molecule has 2 heterocycles. The zero-order chi connectivity index (χ0) is 16.9. The number of carbonyl (C=O) groups excluding carboxylic acids is 2. The molecule has 1 saturated heterocycles. The van der Waals surface area contributed by atoms with Gasteiger partial charge < -0.3 is 14.4 Å². The molecule has 6 heteroatoms. The predicted molar refractivity (Wildman–Crippen MR) is 91.1 cm³/mol. The van der Waals surface area contributed by atoms with Gasteiger partial charge in [0.1, 0.15) is 4.88 Å². The van der Waals surface area contributed by atoms with E-state index in [2.05, 4.69) is 0 Å². The van der Waals surface area contributed by atoms with E-state index in [0.717, 1.165) is 4.88 Å². The van der Waals surface area contributed by atoms with Crippen molar-refractivity contribution in [1.29, 1.82) is 0 Å². The van der Waals surface area contributed by atoms with Crippen LogP contribution in [0.15, 0.2) is 42.5 Å². The van der Waals surface area contributed by atoms with Crippen molar-refractivity contribution in [3.8, 4) is 0 Å². The Labute approximate surface area is 144 Å². The summed E-state index contributed by atoms with van der Waals surface area (Å²) in [6.45, 7) is 3.96. The third kappa shape index (κ3) is 3.83. The molecule has 0 spiro atoms. The number of rotatable bonds is 4. The molecule has 1 fully saturated rings. The van der Waals surface area contributed by atoms with Crippen molar-refractivity contribution in [3.05, 3.63) is 57.8 Å². The Hall–Kier alpha value is -2.18. The van der Waals surface area contributed by atoms with Gasteiger partial charge >= 0.3 is 5.97 Å². The highest BCUT2D eigenvalue weighted by atomic mass is 32.1. The maximum atomic E-state index is 12.9. The van der Waals surface area contributed by atoms with Crippen molar-refractivity contribution < 1.29 is 19.1 Å². The SMILES string of the molecule is Cc1ccc(C(=O)O[C@H](C(=O)N2CCOCC2)c2ccccc2)s1. The molecule has 1 aromatic carbocycles. The number of thiophene rings is 1. The fourth-order valence-corrected chi connectivity index (χ4v) is 3.30. The number of benzene rings is 1. The van der Waals surface area contributed by atoms with Crippen LogP contribution >= 0.6 is 11.3 Å². The van der Waals surface area contributed by atoms with Gasteiger partial charge in [-0.3, -0.25) is 4.79 Å². The summed E-state index contributed by atoms with van der Waals surface area (Å²) in [4.78, 5) is 28.5. The zero-order valence-corrected chi connectivity index (χ0v) is 14.3. The number of morpholine rings is 1. The molecule has 1 amide bonds. The monoisotopic (exact) mass is 345 g/mol. The summed E-state index contributed by atoms with van der Waals surface area (Å²) in [5, 5.41) is 0. The second-order valence-corrected chi connectivity index (χ2v) is 6.83. The lowest BCUT2D eigenvalue weighted by molar-refractivity contribution is -0.145. The minimum atomic E-state index is -0.931. The summed E-state index contributed by atoms with van der Waals surface area (Å²) in [5.74, 6) is -0.672. The molecule has 0 N–H and O–H groups in total. The number of carbonyl (C=O) groups is 2. The lowest BCUT2D eigenvalue weighted by Crippen LogP contribution is -2.44. The lowest BCUT2D eigenvalue weighted by atomic mass is 10.1. The highest BCUT2D eigenvalue weighted by Gasteiger charge is 2.31. The average Bonchev–Trinajstić information content (AvgIpc) is 3.07. The molecule has 0 radical (unpaired) electrons. The summed E-state index contributed by atoms with van der Waals surface area (Å²) >= 11 is 1.36. The van der Waals surface area contributed by atoms with Crippen molar-refractivity contribution in [1.82, 2.24) is 4.90 Å². The Kier molecular flexibility index (Phi) is 5.27. The first-order chi connectivity index (χ1) is 11.6. The number of ether oxygens (including phenoxy) is 2. The van der Waals surface area contributed by atoms with Gasteiger partial charge in [0.25, 0.3) is 5.91 Å². The standard InChI is InChI=1S/C18H19NO4S/c1-13-7-8-15(24-13)18(21)23-16(14-5-3-2-4-6-14)17(20)19-9-11-22-12-10-19/h2-8,16H,9-12H2,1H3/t16-/m0/s1. The molecule has 3 rings (SSSR count). The zero-order valence-electron chi connectivity index (χ0n) is 13.4. The minimum absolute atomic E-state index is 0.203. The van der Waals surface area contributed by atoms with E-state index < -0.39 is 12.1 Å². The maximum absolute atomic E-state index is 12.9. The van der Waals surface area contributed by atoms with Crippen LogP contribution in [-0.2, 0) is 14.3 Å². The van der Waals surface area contributed by atoms with Crippen LogP contribution in [0.5, 0.6) is 0 Å². The number of hydrogen-bond donors (Lipinski definition) is 0. The van der Waals surface area contributed by atoms with E-state index in [1.165, 1.54) is 11.3 Å². The van der Waals surface area contributed by atoms with Crippen molar-refractivity contribution in [2.75, 3.05) is 26.3 Å². The molecule has 0 aliphatic carbocycles. The van der Waals surface area contributed by atoms with Gasteiger partial charge in [-0.15, -0.1) is 11.3 Å². The van der Waals surface area contributed by atoms with Crippen LogP contribution in [0.25, 0.3) is 0 Å². The Morgan fingerprint density at radius 2 is 1.83 bits per heavy atom. The quantitative estimate of drug-likeness (QED) is 0.800. The smallest absolute Gasteiger partial charge is 0.349 e. The van der Waals surface area contributed by atoms with Gasteiger partial charge in [-0.2, -0.15) is 0 Å². The summed E-state index contributed by atoms with van der Waals surface area (Å²) in [6, 6.07) is 12.7. The second-order valence-electron chi connectivity index (χ2n) is 5.54. The van der Waals surface area contributed by atoms with Gasteiger partial charge in [0.15, 0.2) is 0 Å². The number of amides is 1. The Balaban J connectivity index is 1.82. The Bertz CT molecular complexity index is 707. The van der Waals surface area contributed by atoms with Gasteiger partial charge in [-0.25, -0.2) is 4.79 Å². The van der Waals surface area contributed by atoms with E-state index in [9.17, 15) is 9.59 Å². The number of aryl methyl sites for hydroxylation is 1. The molecule has 1 aromatic heterocycles. The van der Waals surface area contributed by atoms with E-state index in [0.29, 0.717) is 36.7 Å². The van der Waals surface area contributed by atoms with Crippen molar-refractivity contribution in [2.45, 2.75) is 13.0 Å². The molecule has 1 aliphatic heterocycles. The van der Waals surface area contributed by atoms with E-state index in [1.54, 1.807) is 23.1 Å². The van der Waals surface area contributed by atoms with Crippen LogP contribution in [0.4, 0.5) is 0 Å². The average molecular weight is 345 g/mol. The first-order valence-electron chi connectivity index (χ1n) is 7.84. The lowest BCUT2D eigenvalue weighted by Gasteiger charge is -2.30. The molecular weight excluding hydrogens is 326 g/mol. The van der Waals surface area contributed by atoms with Crippen molar-refractivity contribution >= 4 is 23.2 Å². The highest BCUT2D eigenvalue weighted by Crippen LogP contribution is 2.24. The molecule has 0 unspecified atom stereocenters. The third-order valence-corrected chi connectivity index (χ3v) is 4.80. The Morgan fingerprint density at radius 3 is 2.46 bits per heavy atom. The van der Waals surface area contributed by atoms with Crippen LogP contribution in [0.3, 0.4) is 0 Å². The number of nitrogens with zero attached hydrogens (tertiary/aromatic N) is 1. The van der Waals surface area contributed by atoms with Crippen molar-refractivity contribution in [2.24, 2.45) is 0 Å². The highest BCUT2D eigenvalue weighted by molar-refractivity contribution is 7.13. The fourth-order valence-electron chi connectivity index (χ4n) is 2.55. The molecule has 2 aromatic rings. The van der Waals surface area contributed by atoms with Crippen LogP contribution in [0, 0.1) is 6.92 Å². The molecule has 126 valence electrons. The summed E-state index contributed by atoms with van der Waals surface area (Å²) < 4.78 is 10.9. The minimum Gasteiger partial charge on any atom is -0.443 e. The first kappa shape index (κ1) is 16.7. The number of hydrogen-bond acceptors (Lipinski definition) is 5. The van der Waals surface area contributed by atoms with Crippen molar-refractivity contribution in [3.63, 3.8) is 0 Å². The van der Waals surface area contributed by atoms with E-state index in [-0.39, 0.29) is 5.91 Å². The fraction of sp³-hybridized carbons (Fsp3) is 0.333. The van der Waals surface area contributed by atoms with Gasteiger partial charge in [0.2, 0.25) is 6.10 Å². The van der Waals surface area contributed by atoms with E-state index in [4.69, 9.17) is 9.47 Å². The molecule has 1 aliphatic rings.